The average Bonchev–Trinajstić information content (AvgIpc) is 3.72. The molecule has 0 fully saturated rings. The Labute approximate surface area is 431 Å². The van der Waals surface area contributed by atoms with Crippen LogP contribution in [0.3, 0.4) is 0 Å². The van der Waals surface area contributed by atoms with Gasteiger partial charge >= 0.3 is 5.97 Å². The number of carbonyl (C=O) groups excluding carboxylic acids is 4. The zero-order chi connectivity index (χ0) is 52.9. The van der Waals surface area contributed by atoms with Crippen LogP contribution in [0.25, 0.3) is 11.1 Å². The van der Waals surface area contributed by atoms with Crippen molar-refractivity contribution >= 4 is 53.1 Å². The van der Waals surface area contributed by atoms with E-state index in [9.17, 15) is 28.4 Å². The molecule has 1 heterocycles. The molecule has 8 N–H and O–H groups in total. The van der Waals surface area contributed by atoms with Crippen LogP contribution in [-0.2, 0) is 49.5 Å². The molecular weight excluding hydrogens is 973 g/mol. The molecule has 3 aromatic rings. The van der Waals surface area contributed by atoms with Crippen molar-refractivity contribution in [1.82, 2.24) is 25.4 Å². The van der Waals surface area contributed by atoms with Gasteiger partial charge in [0.25, 0.3) is 0 Å². The van der Waals surface area contributed by atoms with Gasteiger partial charge in [-0.25, -0.2) is 8.78 Å². The Bertz CT molecular complexity index is 2100. The van der Waals surface area contributed by atoms with Gasteiger partial charge in [0, 0.05) is 85.6 Å². The molecule has 17 nitrogen and oxygen atoms in total. The summed E-state index contributed by atoms with van der Waals surface area (Å²) in [5, 5.41) is 16.6. The summed E-state index contributed by atoms with van der Waals surface area (Å²) >= 11 is 2.60. The van der Waals surface area contributed by atoms with Crippen molar-refractivity contribution in [3.63, 3.8) is 0 Å². The van der Waals surface area contributed by atoms with E-state index in [0.29, 0.717) is 82.8 Å². The second kappa shape index (κ2) is 34.0. The summed E-state index contributed by atoms with van der Waals surface area (Å²) < 4.78 is 53.6. The Kier molecular flexibility index (Phi) is 29.1. The number of nitrogens with one attached hydrogen (secondary N) is 3. The number of carboxylic acids is 1. The number of halogens is 2. The van der Waals surface area contributed by atoms with Crippen LogP contribution < -0.4 is 27.4 Å². The Morgan fingerprint density at radius 3 is 2.10 bits per heavy atom. The number of carboxylic acid groups (broad SMARTS) is 1. The van der Waals surface area contributed by atoms with Gasteiger partial charge < -0.3 is 60.9 Å². The molecule has 0 aliphatic heterocycles. The molecule has 0 aliphatic rings. The fourth-order valence-electron chi connectivity index (χ4n) is 7.41. The lowest BCUT2D eigenvalue weighted by atomic mass is 9.83. The van der Waals surface area contributed by atoms with E-state index in [1.54, 1.807) is 6.92 Å². The maximum absolute atomic E-state index is 15.1. The van der Waals surface area contributed by atoms with Crippen molar-refractivity contribution in [3.05, 3.63) is 83.7 Å². The first kappa shape index (κ1) is 61.7. The molecule has 0 saturated heterocycles. The van der Waals surface area contributed by atoms with Crippen LogP contribution in [0.4, 0.5) is 8.78 Å². The Morgan fingerprint density at radius 2 is 1.47 bits per heavy atom. The summed E-state index contributed by atoms with van der Waals surface area (Å²) in [6.45, 7) is 13.9. The molecule has 21 heteroatoms. The van der Waals surface area contributed by atoms with Crippen molar-refractivity contribution in [3.8, 4) is 11.1 Å². The Hall–Kier alpha value is -4.61. The van der Waals surface area contributed by atoms with Gasteiger partial charge in [-0.15, -0.1) is 23.5 Å². The first-order valence-electron chi connectivity index (χ1n) is 24.4. The van der Waals surface area contributed by atoms with Crippen LogP contribution in [0.1, 0.15) is 77.6 Å². The Morgan fingerprint density at radius 1 is 0.819 bits per heavy atom. The molecule has 2 aromatic carbocycles. The molecule has 0 saturated carbocycles. The third-order valence-electron chi connectivity index (χ3n) is 10.7. The normalized spacial score (nSPS) is 13.2. The van der Waals surface area contributed by atoms with Gasteiger partial charge in [0.05, 0.1) is 76.3 Å². The lowest BCUT2D eigenvalue weighted by molar-refractivity contribution is -0.138. The molecule has 0 bridgehead atoms. The highest BCUT2D eigenvalue weighted by Gasteiger charge is 2.37. The zero-order valence-corrected chi connectivity index (χ0v) is 44.1. The van der Waals surface area contributed by atoms with E-state index >= 15 is 4.39 Å². The van der Waals surface area contributed by atoms with Gasteiger partial charge in [-0.3, -0.25) is 24.0 Å². The van der Waals surface area contributed by atoms with Crippen LogP contribution in [-0.4, -0.2) is 158 Å². The van der Waals surface area contributed by atoms with Gasteiger partial charge in [0.15, 0.2) is 0 Å². The monoisotopic (exact) mass is 1050 g/mol. The number of benzene rings is 2. The van der Waals surface area contributed by atoms with E-state index in [-0.39, 0.29) is 86.7 Å². The van der Waals surface area contributed by atoms with Crippen LogP contribution in [0, 0.1) is 17.0 Å². The number of amides is 4. The number of nitrogens with two attached hydrogens (primary N) is 2. The number of ether oxygens (including phenoxy) is 4. The Balaban J connectivity index is 1.30. The topological polar surface area (TPSA) is 239 Å². The fraction of sp³-hybridized carbons (Fsp3) is 0.588. The molecule has 1 unspecified atom stereocenters. The number of carbonyl (C=O) groups is 5. The molecule has 72 heavy (non-hydrogen) atoms. The minimum Gasteiger partial charge on any atom is -0.481 e. The van der Waals surface area contributed by atoms with Crippen LogP contribution in [0.5, 0.6) is 0 Å². The average molecular weight is 1050 g/mol. The maximum atomic E-state index is 15.1. The number of aliphatic carboxylic acids is 1. The lowest BCUT2D eigenvalue weighted by Gasteiger charge is -2.41. The van der Waals surface area contributed by atoms with Crippen LogP contribution >= 0.6 is 23.5 Å². The highest BCUT2D eigenvalue weighted by atomic mass is 32.2. The van der Waals surface area contributed by atoms with E-state index < -0.39 is 40.2 Å². The largest absolute Gasteiger partial charge is 0.481 e. The van der Waals surface area contributed by atoms with E-state index in [4.69, 9.17) is 35.5 Å². The smallest absolute Gasteiger partial charge is 0.305 e. The second-order valence-electron chi connectivity index (χ2n) is 18.4. The zero-order valence-electron chi connectivity index (χ0n) is 42.5. The fourth-order valence-corrected chi connectivity index (χ4v) is 9.34. The molecule has 402 valence electrons. The van der Waals surface area contributed by atoms with Crippen molar-refractivity contribution in [2.75, 3.05) is 96.3 Å². The first-order valence-corrected chi connectivity index (χ1v) is 26.6. The van der Waals surface area contributed by atoms with Crippen molar-refractivity contribution in [2.45, 2.75) is 90.2 Å². The molecule has 0 radical (unpaired) electrons. The summed E-state index contributed by atoms with van der Waals surface area (Å²) in [5.74, 6) is -2.06. The maximum Gasteiger partial charge on any atom is 0.305 e. The number of thioether (sulfide) groups is 2. The molecule has 0 spiro atoms. The standard InChI is InChI=1S/C51H77F2N7O10S2/c1-36(55)33-72-44(30-48(64)65)50(66)57-17-14-45(61)56-18-21-68-23-25-70-27-26-69-24-22-67-20-15-46(62)58-37(2)34-71-35-47(63)60(19-9-16-54)49(51(3,4)5)43-28-39(41-29-40(52)12-13-42(41)53)32-59(43)31-38-10-7-6-8-11-38/h6-8,10-13,28-29,32,36-37,44,49H,9,14-27,30-31,33-35,54-55H2,1-5H3,(H,56,61)(H,57,66)(H,58,62)(H,64,65)/t36-,37-,44?,49+/m1/s1. The second-order valence-corrected chi connectivity index (χ2v) is 20.6. The molecule has 3 rings (SSSR count). The number of nitrogens with zero attached hydrogens (tertiary/aromatic N) is 2. The summed E-state index contributed by atoms with van der Waals surface area (Å²) in [4.78, 5) is 64.3. The van der Waals surface area contributed by atoms with Gasteiger partial charge in [-0.1, -0.05) is 51.1 Å². The summed E-state index contributed by atoms with van der Waals surface area (Å²) in [6, 6.07) is 14.3. The predicted octanol–water partition coefficient (Wildman–Crippen LogP) is 4.99. The highest BCUT2D eigenvalue weighted by Crippen LogP contribution is 2.41. The van der Waals surface area contributed by atoms with Crippen molar-refractivity contribution < 1.29 is 56.8 Å². The number of aromatic nitrogens is 1. The van der Waals surface area contributed by atoms with E-state index in [1.165, 1.54) is 29.6 Å². The van der Waals surface area contributed by atoms with Crippen LogP contribution in [0.2, 0.25) is 0 Å². The lowest BCUT2D eigenvalue weighted by Crippen LogP contribution is -2.44. The van der Waals surface area contributed by atoms with Gasteiger partial charge in [0.2, 0.25) is 23.6 Å². The number of hydrogen-bond donors (Lipinski definition) is 6. The quantitative estimate of drug-likeness (QED) is 0.0418. The van der Waals surface area contributed by atoms with Crippen molar-refractivity contribution in [1.29, 1.82) is 0 Å². The van der Waals surface area contributed by atoms with E-state index in [1.807, 2.05) is 59.0 Å². The highest BCUT2D eigenvalue weighted by molar-refractivity contribution is 8.00. The van der Waals surface area contributed by atoms with E-state index in [0.717, 1.165) is 23.4 Å². The van der Waals surface area contributed by atoms with Gasteiger partial charge in [-0.2, -0.15) is 0 Å². The molecule has 0 aliphatic carbocycles. The van der Waals surface area contributed by atoms with Gasteiger partial charge in [-0.05, 0) is 62.1 Å². The van der Waals surface area contributed by atoms with Crippen LogP contribution in [0.15, 0.2) is 60.8 Å². The van der Waals surface area contributed by atoms with E-state index in [2.05, 4.69) is 36.7 Å². The molecular formula is C51H77F2N7O10S2. The SMILES string of the molecule is C[C@H](CSCC(=O)N(CCCN)[C@@H](c1cc(-c2cc(F)ccc2F)cn1Cc1ccccc1)C(C)(C)C)NC(=O)CCOCCOCCOCCOCCNC(=O)CCNC(=O)C(CC(=O)O)SC[C@@H](C)N. The van der Waals surface area contributed by atoms with Gasteiger partial charge in [0.1, 0.15) is 11.6 Å². The minimum atomic E-state index is -1.09. The molecule has 4 atom stereocenters. The summed E-state index contributed by atoms with van der Waals surface area (Å²) in [5.41, 5.74) is 13.7. The summed E-state index contributed by atoms with van der Waals surface area (Å²) in [6.07, 6.45) is 2.26. The minimum absolute atomic E-state index is 0.0415. The predicted molar refractivity (Wildman–Crippen MR) is 279 cm³/mol. The number of rotatable bonds is 37. The molecule has 4 amide bonds. The van der Waals surface area contributed by atoms with Crippen molar-refractivity contribution in [2.24, 2.45) is 16.9 Å². The summed E-state index contributed by atoms with van der Waals surface area (Å²) in [7, 11) is 0. The molecule has 1 aromatic heterocycles. The third-order valence-corrected chi connectivity index (χ3v) is 13.4. The third kappa shape index (κ3) is 24.4. The first-order chi connectivity index (χ1) is 34.4. The number of hydrogen-bond acceptors (Lipinski definition) is 13.